The molecule has 2 heterocycles. The van der Waals surface area contributed by atoms with Crippen molar-refractivity contribution in [2.24, 2.45) is 0 Å². The van der Waals surface area contributed by atoms with Gasteiger partial charge in [-0.25, -0.2) is 0 Å². The van der Waals surface area contributed by atoms with Gasteiger partial charge in [0.05, 0.1) is 86.3 Å². The normalized spacial score (nSPS) is 22.6. The van der Waals surface area contributed by atoms with Gasteiger partial charge in [-0.3, -0.25) is 0 Å². The molecule has 428 valence electrons. The average molecular weight is 1570 g/mol. The van der Waals surface area contributed by atoms with Gasteiger partial charge in [0.2, 0.25) is 0 Å². The first-order chi connectivity index (χ1) is 33.2. The molecule has 0 aliphatic carbocycles. The van der Waals surface area contributed by atoms with Crippen LogP contribution in [0.15, 0.2) is 25.3 Å². The third kappa shape index (κ3) is 95.2. The van der Waals surface area contributed by atoms with E-state index in [0.29, 0.717) is 0 Å². The number of hydrogen-bond donors (Lipinski definition) is 4. The predicted octanol–water partition coefficient (Wildman–Crippen LogP) is 14.3. The van der Waals surface area contributed by atoms with E-state index in [9.17, 15) is 0 Å². The first-order valence-electron chi connectivity index (χ1n) is 25.3. The molecule has 24 heteroatoms. The molecule has 0 aromatic heterocycles. The molecule has 2 aliphatic rings. The van der Waals surface area contributed by atoms with Crippen LogP contribution >= 0.6 is 148 Å². The Morgan fingerprint density at radius 1 is 0.493 bits per heavy atom. The third-order valence-corrected chi connectivity index (χ3v) is 30.0. The Labute approximate surface area is 496 Å². The van der Waals surface area contributed by atoms with Crippen LogP contribution in [-0.2, 0) is 45.4 Å². The summed E-state index contributed by atoms with van der Waals surface area (Å²) in [5.41, 5.74) is 0. The number of hydrogen-bond acceptors (Lipinski definition) is 4. The zero-order valence-electron chi connectivity index (χ0n) is 45.7. The van der Waals surface area contributed by atoms with Gasteiger partial charge < -0.3 is 21.3 Å². The summed E-state index contributed by atoms with van der Waals surface area (Å²) in [4.78, 5) is 0. The van der Waals surface area contributed by atoms with Gasteiger partial charge in [0.1, 0.15) is 0 Å². The van der Waals surface area contributed by atoms with E-state index < -0.39 is 0 Å². The third-order valence-electron chi connectivity index (χ3n) is 10.9. The fourth-order valence-electron chi connectivity index (χ4n) is 6.66. The van der Waals surface area contributed by atoms with Gasteiger partial charge in [-0.2, -0.15) is 0 Å². The maximum atomic E-state index is 4.85. The number of allylic oxidation sites excluding steroid dienone is 2. The van der Waals surface area contributed by atoms with E-state index in [1.807, 2.05) is 12.2 Å². The number of rotatable bonds is 16. The summed E-state index contributed by atoms with van der Waals surface area (Å²) in [6.45, 7) is 44.2. The predicted molar refractivity (Wildman–Crippen MR) is 371 cm³/mol. The van der Waals surface area contributed by atoms with Crippen molar-refractivity contribution in [1.29, 1.82) is 0 Å². The maximum absolute atomic E-state index is 4.85. The Hall–Kier alpha value is 7.66. The van der Waals surface area contributed by atoms with Crippen molar-refractivity contribution in [2.75, 3.05) is 237 Å². The van der Waals surface area contributed by atoms with Gasteiger partial charge in [-0.05, 0) is 122 Å². The zero-order valence-corrected chi connectivity index (χ0v) is 66.7. The van der Waals surface area contributed by atoms with Crippen LogP contribution in [0.2, 0.25) is 0 Å². The monoisotopic (exact) mass is 1570 g/mol. The Bertz CT molecular complexity index is 815. The van der Waals surface area contributed by atoms with E-state index in [1.54, 1.807) is 75.0 Å². The van der Waals surface area contributed by atoms with Crippen molar-refractivity contribution in [1.82, 2.24) is 21.3 Å². The minimum atomic E-state index is -0.346. The van der Waals surface area contributed by atoms with Crippen molar-refractivity contribution >= 4 is 148 Å². The van der Waals surface area contributed by atoms with Crippen LogP contribution in [0.1, 0.15) is 25.7 Å². The Morgan fingerprint density at radius 2 is 0.725 bits per heavy atom. The second kappa shape index (κ2) is 82.1. The molecule has 0 aromatic rings. The summed E-state index contributed by atoms with van der Waals surface area (Å²) in [5.74, 6) is 0. The molecule has 2 aliphatic heterocycles. The van der Waals surface area contributed by atoms with Gasteiger partial charge in [0.15, 0.2) is 0 Å². The van der Waals surface area contributed by atoms with E-state index in [-0.39, 0.29) is 101 Å². The number of nitrogens with one attached hydrogen (secondary N) is 4. The molecule has 0 radical (unpaired) electrons. The van der Waals surface area contributed by atoms with Crippen LogP contribution in [0.4, 0.5) is 0 Å². The van der Waals surface area contributed by atoms with Gasteiger partial charge in [-0.15, -0.1) is 38.2 Å². The van der Waals surface area contributed by atoms with Crippen molar-refractivity contribution < 1.29 is 45.4 Å². The molecular formula is C45H115Cl6N4P11Ru3+8. The quantitative estimate of drug-likeness (QED) is 0.0538. The fraction of sp³-hybridized carbons (Fsp3) is 0.911. The van der Waals surface area contributed by atoms with Crippen LogP contribution in [0, 0.1) is 0 Å². The second-order valence-electron chi connectivity index (χ2n) is 17.7. The van der Waals surface area contributed by atoms with Crippen molar-refractivity contribution in [3.05, 3.63) is 25.3 Å². The Balaban J connectivity index is -0.000000177. The Kier molecular flexibility index (Phi) is 105. The summed E-state index contributed by atoms with van der Waals surface area (Å²) >= 11 is -1.04. The van der Waals surface area contributed by atoms with Crippen LogP contribution in [0.3, 0.4) is 0 Å². The Morgan fingerprint density at radius 3 is 0.942 bits per heavy atom. The summed E-state index contributed by atoms with van der Waals surface area (Å²) < 4.78 is 0. The van der Waals surface area contributed by atoms with Gasteiger partial charge >= 0.3 is 104 Å². The zero-order chi connectivity index (χ0) is 53.4. The topological polar surface area (TPSA) is 48.1 Å². The summed E-state index contributed by atoms with van der Waals surface area (Å²) in [6, 6.07) is 0. The summed E-state index contributed by atoms with van der Waals surface area (Å²) in [5, 5.41) is 14.2. The summed E-state index contributed by atoms with van der Waals surface area (Å²) in [7, 11) is 33.0. The second-order valence-corrected chi connectivity index (χ2v) is 50.8. The van der Waals surface area contributed by atoms with Crippen LogP contribution in [-0.4, -0.2) is 237 Å². The van der Waals surface area contributed by atoms with Crippen molar-refractivity contribution in [3.8, 4) is 0 Å². The molecule has 4 nitrogen and oxygen atoms in total. The molecule has 69 heavy (non-hydrogen) atoms. The number of halogens is 6. The van der Waals surface area contributed by atoms with E-state index >= 15 is 0 Å². The van der Waals surface area contributed by atoms with Crippen LogP contribution in [0.25, 0.3) is 0 Å². The fourth-order valence-corrected chi connectivity index (χ4v) is 21.1. The SMILES string of the molecule is C=CCP(C)CC=C.CPCCNCCPC.C[PH+]1CCC[PH+](C)CCNCC[PH+](C)CCC1.C[PH+]1CCC[PH+](C)CCNCC[PH+](C)CCC1.C[PH2+]CCNCC[PH2+]C.[Cl][Ru][Cl].[Cl][Ru][Cl].[Cl][Ru][Cl]. The molecule has 0 amide bonds. The molecule has 0 bridgehead atoms. The van der Waals surface area contributed by atoms with E-state index in [1.165, 1.54) is 114 Å². The first kappa shape index (κ1) is 87.9. The van der Waals surface area contributed by atoms with Gasteiger partial charge in [0, 0.05) is 118 Å². The molecule has 2 rings (SSSR count). The summed E-state index contributed by atoms with van der Waals surface area (Å²) in [6.07, 6.45) is 36.6. The van der Waals surface area contributed by atoms with Crippen LogP contribution < -0.4 is 21.3 Å². The average Bonchev–Trinajstić information content (AvgIpc) is 3.30. The molecule has 0 spiro atoms. The van der Waals surface area contributed by atoms with Crippen LogP contribution in [0.5, 0.6) is 0 Å². The molecule has 0 aromatic carbocycles. The van der Waals surface area contributed by atoms with E-state index in [2.05, 4.69) is 108 Å². The standard InChI is InChI=1S/2C13H30NP3.C7H13P.2C6H17NP2.6ClH.3Ru/c2*1-15-8-4-10-16(2)12-6-14-7-13-17(3)11-5-9-15;1-4-6-8(3)7-5-2;2*1-8-5-3-7-4-6-9-2;;;;;;;;;/h2*14H,4-13H2,1-3H3;4-5H,1-2,6-7H2,3H3;2*7-9H,3-6H2,1-2H3;6*1H;;;/q;;;;;;;;;;;3*+2/p+2. The molecule has 2 fully saturated rings. The molecular weight excluding hydrogens is 1450 g/mol. The van der Waals surface area contributed by atoms with Gasteiger partial charge in [0.25, 0.3) is 0 Å². The van der Waals surface area contributed by atoms with Gasteiger partial charge in [-0.1, -0.05) is 12.2 Å². The van der Waals surface area contributed by atoms with E-state index in [4.69, 9.17) is 58.1 Å². The van der Waals surface area contributed by atoms with Crippen molar-refractivity contribution in [3.63, 3.8) is 0 Å². The van der Waals surface area contributed by atoms with E-state index in [0.717, 1.165) is 34.3 Å². The molecule has 2 saturated heterocycles. The molecule has 8 unspecified atom stereocenters. The van der Waals surface area contributed by atoms with Crippen molar-refractivity contribution in [2.45, 2.75) is 25.7 Å². The molecule has 0 saturated carbocycles. The molecule has 8 atom stereocenters. The molecule has 4 N–H and O–H groups in total. The first-order valence-corrected chi connectivity index (χ1v) is 62.7. The minimum absolute atomic E-state index is 0.0136.